The number of nitrogens with zero attached hydrogens (tertiary/aromatic N) is 2. The summed E-state index contributed by atoms with van der Waals surface area (Å²) in [5.41, 5.74) is 0.686. The molecule has 0 amide bonds. The van der Waals surface area contributed by atoms with Crippen LogP contribution < -0.4 is 0 Å². The maximum absolute atomic E-state index is 14.4. The van der Waals surface area contributed by atoms with E-state index in [2.05, 4.69) is 16.0 Å². The summed E-state index contributed by atoms with van der Waals surface area (Å²) in [6.07, 6.45) is 3.36. The molecule has 0 spiro atoms. The molecule has 29 heavy (non-hydrogen) atoms. The molecule has 1 aromatic carbocycles. The number of halogens is 2. The van der Waals surface area contributed by atoms with E-state index < -0.39 is 17.6 Å². The van der Waals surface area contributed by atoms with Gasteiger partial charge in [-0.15, -0.1) is 12.1 Å². The molecule has 2 heterocycles. The molecule has 1 N–H and O–H groups in total. The molecule has 7 heteroatoms. The van der Waals surface area contributed by atoms with Crippen molar-refractivity contribution >= 4 is 5.97 Å². The Morgan fingerprint density at radius 3 is 2.14 bits per heavy atom. The van der Waals surface area contributed by atoms with Gasteiger partial charge in [0.2, 0.25) is 0 Å². The Balaban J connectivity index is 0.000000355. The molecule has 3 aromatic rings. The quantitative estimate of drug-likeness (QED) is 0.437. The number of benzene rings is 1. The van der Waals surface area contributed by atoms with Gasteiger partial charge in [-0.05, 0) is 35.7 Å². The summed E-state index contributed by atoms with van der Waals surface area (Å²) in [6, 6.07) is 13.8. The number of hydrogen-bond donors (Lipinski definition) is 1. The van der Waals surface area contributed by atoms with E-state index >= 15 is 0 Å². The van der Waals surface area contributed by atoms with Crippen molar-refractivity contribution in [2.75, 3.05) is 0 Å². The number of aromatic nitrogens is 2. The van der Waals surface area contributed by atoms with Crippen LogP contribution in [0.2, 0.25) is 0 Å². The van der Waals surface area contributed by atoms with Crippen molar-refractivity contribution in [3.63, 3.8) is 0 Å². The molecule has 0 saturated carbocycles. The van der Waals surface area contributed by atoms with Gasteiger partial charge in [0.1, 0.15) is 5.69 Å². The number of aromatic carboxylic acids is 1. The zero-order valence-corrected chi connectivity index (χ0v) is 18.6. The minimum absolute atomic E-state index is 0. The van der Waals surface area contributed by atoms with Crippen molar-refractivity contribution in [3.05, 3.63) is 83.8 Å². The van der Waals surface area contributed by atoms with Crippen molar-refractivity contribution in [1.82, 2.24) is 9.97 Å². The minimum atomic E-state index is -0.990. The van der Waals surface area contributed by atoms with Gasteiger partial charge in [-0.25, -0.2) is 9.78 Å². The summed E-state index contributed by atoms with van der Waals surface area (Å²) in [5.74, 6) is -2.10. The van der Waals surface area contributed by atoms with Gasteiger partial charge in [-0.3, -0.25) is 8.78 Å². The van der Waals surface area contributed by atoms with Gasteiger partial charge in [0.05, 0.1) is 0 Å². The van der Waals surface area contributed by atoms with Gasteiger partial charge < -0.3 is 10.1 Å². The van der Waals surface area contributed by atoms with E-state index in [9.17, 15) is 13.6 Å². The molecule has 155 valence electrons. The second-order valence-electron chi connectivity index (χ2n) is 7.28. The van der Waals surface area contributed by atoms with Crippen LogP contribution in [0.1, 0.15) is 36.8 Å². The first kappa shape index (κ1) is 24.5. The Bertz CT molecular complexity index is 931. The Kier molecular flexibility index (Phi) is 9.21. The topological polar surface area (TPSA) is 63.1 Å². The van der Waals surface area contributed by atoms with Gasteiger partial charge in [-0.2, -0.15) is 0 Å². The first-order chi connectivity index (χ1) is 13.2. The molecule has 0 aliphatic heterocycles. The Morgan fingerprint density at radius 2 is 1.69 bits per heavy atom. The average Bonchev–Trinajstić information content (AvgIpc) is 2.66. The van der Waals surface area contributed by atoms with Crippen LogP contribution in [0.25, 0.3) is 11.3 Å². The first-order valence-corrected chi connectivity index (χ1v) is 8.63. The van der Waals surface area contributed by atoms with E-state index in [-0.39, 0.29) is 42.3 Å². The molecule has 0 fully saturated rings. The van der Waals surface area contributed by atoms with Crippen molar-refractivity contribution in [2.24, 2.45) is 5.41 Å². The van der Waals surface area contributed by atoms with E-state index in [0.29, 0.717) is 12.1 Å². The van der Waals surface area contributed by atoms with Crippen LogP contribution in [-0.2, 0) is 26.5 Å². The molecule has 0 aliphatic rings. The van der Waals surface area contributed by atoms with E-state index in [0.717, 1.165) is 0 Å². The largest absolute Gasteiger partial charge is 0.477 e. The summed E-state index contributed by atoms with van der Waals surface area (Å²) < 4.78 is 28.2. The zero-order valence-electron chi connectivity index (χ0n) is 16.2. The second-order valence-corrected chi connectivity index (χ2v) is 7.28. The SMILES string of the molecule is CC(C)(C)Cc1c(F)c[c-]c(-c2ccccn2)c1F.O=C(O)c1ccccn1.[Ir]. The summed E-state index contributed by atoms with van der Waals surface area (Å²) in [5, 5.41) is 8.32. The minimum Gasteiger partial charge on any atom is -0.477 e. The van der Waals surface area contributed by atoms with Gasteiger partial charge in [0.25, 0.3) is 0 Å². The summed E-state index contributed by atoms with van der Waals surface area (Å²) in [7, 11) is 0. The van der Waals surface area contributed by atoms with Crippen LogP contribution in [0.4, 0.5) is 8.78 Å². The Morgan fingerprint density at radius 1 is 1.07 bits per heavy atom. The van der Waals surface area contributed by atoms with Crippen LogP contribution in [-0.4, -0.2) is 21.0 Å². The van der Waals surface area contributed by atoms with Gasteiger partial charge in [0.15, 0.2) is 0 Å². The Labute approximate surface area is 182 Å². The Hall–Kier alpha value is -2.50. The molecule has 0 saturated heterocycles. The molecule has 0 aliphatic carbocycles. The van der Waals surface area contributed by atoms with E-state index in [1.165, 1.54) is 18.3 Å². The molecule has 0 bridgehead atoms. The van der Waals surface area contributed by atoms with Crippen LogP contribution in [0.5, 0.6) is 0 Å². The fourth-order valence-electron chi connectivity index (χ4n) is 2.42. The van der Waals surface area contributed by atoms with Crippen LogP contribution in [0, 0.1) is 23.1 Å². The summed E-state index contributed by atoms with van der Waals surface area (Å²) in [4.78, 5) is 17.8. The van der Waals surface area contributed by atoms with Crippen molar-refractivity contribution in [1.29, 1.82) is 0 Å². The molecule has 3 rings (SSSR count). The van der Waals surface area contributed by atoms with Crippen molar-refractivity contribution in [3.8, 4) is 11.3 Å². The molecule has 0 unspecified atom stereocenters. The fraction of sp³-hybridized carbons (Fsp3) is 0.227. The number of pyridine rings is 2. The van der Waals surface area contributed by atoms with Crippen molar-refractivity contribution in [2.45, 2.75) is 27.2 Å². The molecule has 4 nitrogen and oxygen atoms in total. The second kappa shape index (κ2) is 10.9. The number of carboxylic acid groups (broad SMARTS) is 1. The fourth-order valence-corrected chi connectivity index (χ4v) is 2.42. The van der Waals surface area contributed by atoms with Gasteiger partial charge in [0, 0.05) is 44.1 Å². The standard InChI is InChI=1S/C16H16F2N.C6H5NO2.Ir/c1-16(2,3)10-12-13(17)8-7-11(15(12)18)14-6-4-5-9-19-14;8-6(9)5-3-1-2-4-7-5;/h4-6,8-9H,10H2,1-3H3;1-4H,(H,8,9);/q-1;;. The molecule has 1 radical (unpaired) electrons. The number of rotatable bonds is 3. The first-order valence-electron chi connectivity index (χ1n) is 8.63. The summed E-state index contributed by atoms with van der Waals surface area (Å²) in [6.45, 7) is 5.84. The van der Waals surface area contributed by atoms with Gasteiger partial charge in [-0.1, -0.05) is 50.1 Å². The number of hydrogen-bond acceptors (Lipinski definition) is 3. The third kappa shape index (κ3) is 7.44. The van der Waals surface area contributed by atoms with E-state index in [4.69, 9.17) is 5.11 Å². The zero-order chi connectivity index (χ0) is 20.7. The number of carboxylic acids is 1. The maximum Gasteiger partial charge on any atom is 0.354 e. The maximum atomic E-state index is 14.4. The van der Waals surface area contributed by atoms with Crippen LogP contribution >= 0.6 is 0 Å². The third-order valence-electron chi connectivity index (χ3n) is 3.63. The van der Waals surface area contributed by atoms with Crippen LogP contribution in [0.3, 0.4) is 0 Å². The summed E-state index contributed by atoms with van der Waals surface area (Å²) >= 11 is 0. The molecular weight excluding hydrogens is 554 g/mol. The van der Waals surface area contributed by atoms with Crippen LogP contribution in [0.15, 0.2) is 54.9 Å². The van der Waals surface area contributed by atoms with Crippen molar-refractivity contribution < 1.29 is 38.8 Å². The van der Waals surface area contributed by atoms with Gasteiger partial charge >= 0.3 is 5.97 Å². The molecule has 0 atom stereocenters. The number of carbonyl (C=O) groups is 1. The average molecular weight is 576 g/mol. The molecular formula is C22H21F2IrN2O2-. The predicted molar refractivity (Wildman–Crippen MR) is 103 cm³/mol. The van der Waals surface area contributed by atoms with E-state index in [1.54, 1.807) is 36.5 Å². The smallest absolute Gasteiger partial charge is 0.354 e. The normalized spacial score (nSPS) is 10.4. The predicted octanol–water partition coefficient (Wildman–Crippen LogP) is 5.19. The monoisotopic (exact) mass is 576 g/mol. The molecule has 2 aromatic heterocycles. The third-order valence-corrected chi connectivity index (χ3v) is 3.63. The van der Waals surface area contributed by atoms with E-state index in [1.807, 2.05) is 20.8 Å².